The first-order valence-corrected chi connectivity index (χ1v) is 8.50. The van der Waals surface area contributed by atoms with Gasteiger partial charge >= 0.3 is 0 Å². The zero-order valence-electron chi connectivity index (χ0n) is 14.0. The molecule has 0 atom stereocenters. The van der Waals surface area contributed by atoms with Crippen LogP contribution in [0.1, 0.15) is 22.4 Å². The second-order valence-electron chi connectivity index (χ2n) is 6.13. The van der Waals surface area contributed by atoms with E-state index in [1.807, 2.05) is 31.2 Å². The smallest absolute Gasteiger partial charge is 0.256 e. The normalized spacial score (nSPS) is 14.6. The molecule has 0 aliphatic carbocycles. The summed E-state index contributed by atoms with van der Waals surface area (Å²) in [4.78, 5) is 12.3. The maximum atomic E-state index is 13.1. The Morgan fingerprint density at radius 3 is 2.69 bits per heavy atom. The number of para-hydroxylation sites is 1. The van der Waals surface area contributed by atoms with E-state index in [-0.39, 0.29) is 11.7 Å². The van der Waals surface area contributed by atoms with Crippen molar-refractivity contribution in [1.82, 2.24) is 9.78 Å². The number of anilines is 1. The summed E-state index contributed by atoms with van der Waals surface area (Å²) in [6, 6.07) is 13.7. The third-order valence-electron chi connectivity index (χ3n) is 4.35. The Labute approximate surface area is 154 Å². The largest absolute Gasteiger partial charge is 0.321 e. The first-order chi connectivity index (χ1) is 12.5. The van der Waals surface area contributed by atoms with Crippen molar-refractivity contribution in [2.75, 3.05) is 5.32 Å². The molecule has 0 spiro atoms. The van der Waals surface area contributed by atoms with Gasteiger partial charge < -0.3 is 5.32 Å². The lowest BCUT2D eigenvalue weighted by atomic mass is 10.0. The molecule has 1 N–H and O–H groups in total. The fraction of sp³-hybridized carbons (Fsp3) is 0.100. The quantitative estimate of drug-likeness (QED) is 0.691. The molecular weight excluding hydrogens is 353 g/mol. The van der Waals surface area contributed by atoms with E-state index in [1.54, 1.807) is 22.9 Å². The van der Waals surface area contributed by atoms with Crippen LogP contribution >= 0.6 is 11.6 Å². The van der Waals surface area contributed by atoms with E-state index in [9.17, 15) is 9.18 Å². The first kappa shape index (κ1) is 16.5. The summed E-state index contributed by atoms with van der Waals surface area (Å²) in [5, 5.41) is 7.75. The van der Waals surface area contributed by atoms with Crippen molar-refractivity contribution in [2.45, 2.75) is 13.5 Å². The van der Waals surface area contributed by atoms with Crippen molar-refractivity contribution in [2.24, 2.45) is 0 Å². The minimum Gasteiger partial charge on any atom is -0.321 e. The highest BCUT2D eigenvalue weighted by Crippen LogP contribution is 2.34. The number of amides is 1. The number of carbonyl (C=O) groups excluding carboxylic acids is 1. The Balaban J connectivity index is 1.71. The molecule has 0 radical (unpaired) electrons. The van der Waals surface area contributed by atoms with Crippen LogP contribution in [-0.4, -0.2) is 15.7 Å². The molecule has 26 heavy (non-hydrogen) atoms. The molecule has 2 aromatic carbocycles. The lowest BCUT2D eigenvalue weighted by Crippen LogP contribution is -2.03. The zero-order chi connectivity index (χ0) is 18.3. The molecule has 1 aliphatic heterocycles. The van der Waals surface area contributed by atoms with E-state index in [4.69, 9.17) is 11.6 Å². The molecule has 4 rings (SSSR count). The molecule has 0 unspecified atom stereocenters. The number of aromatic nitrogens is 2. The van der Waals surface area contributed by atoms with Gasteiger partial charge in [0.05, 0.1) is 12.2 Å². The first-order valence-electron chi connectivity index (χ1n) is 8.13. The number of rotatable bonds is 3. The van der Waals surface area contributed by atoms with Crippen LogP contribution in [0.25, 0.3) is 11.6 Å². The predicted molar refractivity (Wildman–Crippen MR) is 100 cm³/mol. The predicted octanol–water partition coefficient (Wildman–Crippen LogP) is 4.53. The topological polar surface area (TPSA) is 46.9 Å². The number of fused-ring (bicyclic) bond motifs is 1. The summed E-state index contributed by atoms with van der Waals surface area (Å²) >= 11 is 6.51. The molecule has 0 saturated heterocycles. The number of hydrogen-bond donors (Lipinski definition) is 1. The molecule has 0 bridgehead atoms. The molecule has 1 aromatic heterocycles. The number of benzene rings is 2. The second-order valence-corrected chi connectivity index (χ2v) is 6.49. The highest BCUT2D eigenvalue weighted by molar-refractivity contribution is 6.36. The molecule has 0 saturated carbocycles. The van der Waals surface area contributed by atoms with Crippen LogP contribution in [0.5, 0.6) is 0 Å². The molecule has 2 heterocycles. The van der Waals surface area contributed by atoms with Crippen molar-refractivity contribution < 1.29 is 9.18 Å². The van der Waals surface area contributed by atoms with Gasteiger partial charge in [-0.3, -0.25) is 4.79 Å². The van der Waals surface area contributed by atoms with Crippen molar-refractivity contribution in [3.8, 4) is 0 Å². The van der Waals surface area contributed by atoms with Crippen LogP contribution in [0.2, 0.25) is 5.15 Å². The van der Waals surface area contributed by atoms with Crippen LogP contribution in [0, 0.1) is 12.7 Å². The van der Waals surface area contributed by atoms with Crippen molar-refractivity contribution in [3.05, 3.63) is 81.9 Å². The number of aryl methyl sites for hydroxylation is 1. The Bertz CT molecular complexity index is 1040. The van der Waals surface area contributed by atoms with E-state index in [1.165, 1.54) is 12.1 Å². The third kappa shape index (κ3) is 2.91. The Hall–Kier alpha value is -2.92. The van der Waals surface area contributed by atoms with Gasteiger partial charge in [-0.1, -0.05) is 41.9 Å². The maximum Gasteiger partial charge on any atom is 0.256 e. The monoisotopic (exact) mass is 367 g/mol. The molecule has 4 nitrogen and oxygen atoms in total. The minimum atomic E-state index is -0.284. The highest BCUT2D eigenvalue weighted by atomic mass is 35.5. The molecule has 6 heteroatoms. The van der Waals surface area contributed by atoms with E-state index in [0.29, 0.717) is 22.8 Å². The summed E-state index contributed by atoms with van der Waals surface area (Å²) in [5.41, 5.74) is 4.51. The second kappa shape index (κ2) is 6.42. The molecule has 3 aromatic rings. The summed E-state index contributed by atoms with van der Waals surface area (Å²) < 4.78 is 14.7. The summed E-state index contributed by atoms with van der Waals surface area (Å²) in [7, 11) is 0. The van der Waals surface area contributed by atoms with Gasteiger partial charge in [-0.05, 0) is 36.8 Å². The minimum absolute atomic E-state index is 0.159. The van der Waals surface area contributed by atoms with Crippen LogP contribution in [0.4, 0.5) is 10.1 Å². The van der Waals surface area contributed by atoms with Gasteiger partial charge in [0.1, 0.15) is 11.0 Å². The van der Waals surface area contributed by atoms with E-state index in [0.717, 1.165) is 22.5 Å². The number of hydrogen-bond acceptors (Lipinski definition) is 2. The average molecular weight is 368 g/mol. The van der Waals surface area contributed by atoms with Crippen molar-refractivity contribution in [1.29, 1.82) is 0 Å². The van der Waals surface area contributed by atoms with Crippen molar-refractivity contribution in [3.63, 3.8) is 0 Å². The lowest BCUT2D eigenvalue weighted by molar-refractivity contribution is -0.110. The number of nitrogens with one attached hydrogen (secondary N) is 1. The van der Waals surface area contributed by atoms with Gasteiger partial charge in [-0.15, -0.1) is 0 Å². The summed E-state index contributed by atoms with van der Waals surface area (Å²) in [6.07, 6.45) is 1.77. The Morgan fingerprint density at radius 2 is 1.92 bits per heavy atom. The third-order valence-corrected chi connectivity index (χ3v) is 4.75. The number of nitrogens with zero attached hydrogens (tertiary/aromatic N) is 2. The van der Waals surface area contributed by atoms with Gasteiger partial charge in [-0.2, -0.15) is 5.10 Å². The van der Waals surface area contributed by atoms with Gasteiger partial charge in [0.25, 0.3) is 5.91 Å². The Morgan fingerprint density at radius 1 is 1.19 bits per heavy atom. The lowest BCUT2D eigenvalue weighted by Gasteiger charge is -2.04. The summed E-state index contributed by atoms with van der Waals surface area (Å²) in [6.45, 7) is 2.27. The zero-order valence-corrected chi connectivity index (χ0v) is 14.7. The standard InChI is InChI=1S/C20H15ClFN3O/c1-12-16(10-17-15-4-2-3-5-18(15)23-20(17)26)19(21)25(24-12)11-13-6-8-14(22)9-7-13/h2-10H,11H2,1H3,(H,23,26)/b17-10+. The molecule has 0 fully saturated rings. The molecular formula is C20H15ClFN3O. The number of halogens is 2. The van der Waals surface area contributed by atoms with E-state index >= 15 is 0 Å². The number of carbonyl (C=O) groups is 1. The van der Waals surface area contributed by atoms with Crippen molar-refractivity contribution >= 4 is 34.8 Å². The summed E-state index contributed by atoms with van der Waals surface area (Å²) in [5.74, 6) is -0.444. The molecule has 1 amide bonds. The fourth-order valence-electron chi connectivity index (χ4n) is 3.03. The molecule has 130 valence electrons. The van der Waals surface area contributed by atoms with Gasteiger partial charge in [0.15, 0.2) is 0 Å². The van der Waals surface area contributed by atoms with Gasteiger partial charge in [0, 0.05) is 22.4 Å². The van der Waals surface area contributed by atoms with E-state index < -0.39 is 0 Å². The maximum absolute atomic E-state index is 13.1. The van der Waals surface area contributed by atoms with Gasteiger partial charge in [0.2, 0.25) is 0 Å². The fourth-order valence-corrected chi connectivity index (χ4v) is 3.31. The van der Waals surface area contributed by atoms with Crippen LogP contribution < -0.4 is 5.32 Å². The Kier molecular flexibility index (Phi) is 4.09. The molecule has 1 aliphatic rings. The van der Waals surface area contributed by atoms with Crippen LogP contribution in [-0.2, 0) is 11.3 Å². The van der Waals surface area contributed by atoms with E-state index in [2.05, 4.69) is 10.4 Å². The average Bonchev–Trinajstić information content (AvgIpc) is 3.08. The highest BCUT2D eigenvalue weighted by Gasteiger charge is 2.24. The van der Waals surface area contributed by atoms with Crippen LogP contribution in [0.15, 0.2) is 48.5 Å². The SMILES string of the molecule is Cc1nn(Cc2ccc(F)cc2)c(Cl)c1/C=C1/C(=O)Nc2ccccc21. The van der Waals surface area contributed by atoms with Crippen LogP contribution in [0.3, 0.4) is 0 Å². The van der Waals surface area contributed by atoms with Gasteiger partial charge in [-0.25, -0.2) is 9.07 Å².